The van der Waals surface area contributed by atoms with E-state index in [1.807, 2.05) is 0 Å². The van der Waals surface area contributed by atoms with Crippen LogP contribution in [0.1, 0.15) is 23.2 Å². The fourth-order valence-corrected chi connectivity index (χ4v) is 4.79. The molecular weight excluding hydrogens is 381 g/mol. The molecule has 1 fully saturated rings. The van der Waals surface area contributed by atoms with E-state index < -0.39 is 21.7 Å². The van der Waals surface area contributed by atoms with Gasteiger partial charge in [-0.15, -0.1) is 0 Å². The van der Waals surface area contributed by atoms with Crippen LogP contribution in [0.5, 0.6) is 0 Å². The second kappa shape index (κ2) is 7.29. The quantitative estimate of drug-likeness (QED) is 0.729. The summed E-state index contributed by atoms with van der Waals surface area (Å²) in [4.78, 5) is 16.9. The highest BCUT2D eigenvalue weighted by atomic mass is 32.2. The Labute approximate surface area is 162 Å². The lowest BCUT2D eigenvalue weighted by atomic mass is 10.1. The summed E-state index contributed by atoms with van der Waals surface area (Å²) in [5, 5.41) is 3.23. The summed E-state index contributed by atoms with van der Waals surface area (Å²) in [6, 6.07) is 11.6. The number of nitrogens with zero attached hydrogens (tertiary/aromatic N) is 2. The summed E-state index contributed by atoms with van der Waals surface area (Å²) in [5.41, 5.74) is 1.30. The predicted octanol–water partition coefficient (Wildman–Crippen LogP) is 3.41. The van der Waals surface area contributed by atoms with Crippen LogP contribution in [0, 0.1) is 5.82 Å². The van der Waals surface area contributed by atoms with Gasteiger partial charge in [-0.2, -0.15) is 4.31 Å². The number of aromatic nitrogens is 1. The zero-order valence-electron chi connectivity index (χ0n) is 14.9. The number of rotatable bonds is 4. The van der Waals surface area contributed by atoms with E-state index in [9.17, 15) is 17.6 Å². The second-order valence-corrected chi connectivity index (χ2v) is 8.55. The molecule has 0 spiro atoms. The van der Waals surface area contributed by atoms with Crippen LogP contribution in [0.25, 0.3) is 10.9 Å². The molecule has 1 amide bonds. The summed E-state index contributed by atoms with van der Waals surface area (Å²) < 4.78 is 40.2. The SMILES string of the molecule is O=C(Nc1ccnc2ccc(F)cc12)c1ccc(S(=O)(=O)N2CCCC2)cc1. The molecule has 1 N–H and O–H groups in total. The average Bonchev–Trinajstić information content (AvgIpc) is 3.24. The molecule has 0 aliphatic carbocycles. The van der Waals surface area contributed by atoms with Gasteiger partial charge in [0.15, 0.2) is 0 Å². The van der Waals surface area contributed by atoms with Gasteiger partial charge in [-0.1, -0.05) is 0 Å². The zero-order valence-corrected chi connectivity index (χ0v) is 15.7. The van der Waals surface area contributed by atoms with Crippen molar-refractivity contribution in [2.45, 2.75) is 17.7 Å². The maximum atomic E-state index is 13.6. The molecule has 0 atom stereocenters. The maximum Gasteiger partial charge on any atom is 0.255 e. The van der Waals surface area contributed by atoms with Crippen molar-refractivity contribution in [1.29, 1.82) is 0 Å². The van der Waals surface area contributed by atoms with Gasteiger partial charge in [0.25, 0.3) is 5.91 Å². The molecule has 1 aliphatic heterocycles. The van der Waals surface area contributed by atoms with Crippen molar-refractivity contribution in [3.05, 3.63) is 66.1 Å². The molecule has 1 saturated heterocycles. The number of pyridine rings is 1. The van der Waals surface area contributed by atoms with Gasteiger partial charge in [0.1, 0.15) is 5.82 Å². The lowest BCUT2D eigenvalue weighted by molar-refractivity contribution is 0.102. The smallest absolute Gasteiger partial charge is 0.255 e. The lowest BCUT2D eigenvalue weighted by Crippen LogP contribution is -2.27. The number of benzene rings is 2. The standard InChI is InChI=1S/C20H18FN3O3S/c21-15-5-8-18-17(13-15)19(9-10-22-18)23-20(25)14-3-6-16(7-4-14)28(26,27)24-11-1-2-12-24/h3-10,13H,1-2,11-12H2,(H,22,23,25). The molecule has 8 heteroatoms. The minimum Gasteiger partial charge on any atom is -0.321 e. The largest absolute Gasteiger partial charge is 0.321 e. The number of nitrogens with one attached hydrogen (secondary N) is 1. The van der Waals surface area contributed by atoms with Crippen molar-refractivity contribution in [3.8, 4) is 0 Å². The average molecular weight is 399 g/mol. The Kier molecular flexibility index (Phi) is 4.82. The maximum absolute atomic E-state index is 13.6. The van der Waals surface area contributed by atoms with Crippen LogP contribution in [0.4, 0.5) is 10.1 Å². The number of carbonyl (C=O) groups excluding carboxylic acids is 1. The molecule has 0 unspecified atom stereocenters. The number of hydrogen-bond donors (Lipinski definition) is 1. The van der Waals surface area contributed by atoms with Crippen LogP contribution in [0.2, 0.25) is 0 Å². The van der Waals surface area contributed by atoms with Crippen LogP contribution in [-0.2, 0) is 10.0 Å². The van der Waals surface area contributed by atoms with Gasteiger partial charge in [0, 0.05) is 30.2 Å². The van der Waals surface area contributed by atoms with Crippen molar-refractivity contribution in [3.63, 3.8) is 0 Å². The Morgan fingerprint density at radius 2 is 1.75 bits per heavy atom. The minimum absolute atomic E-state index is 0.169. The molecule has 0 radical (unpaired) electrons. The van der Waals surface area contributed by atoms with Crippen LogP contribution in [0.15, 0.2) is 59.6 Å². The second-order valence-electron chi connectivity index (χ2n) is 6.61. The van der Waals surface area contributed by atoms with E-state index in [0.717, 1.165) is 12.8 Å². The highest BCUT2D eigenvalue weighted by Crippen LogP contribution is 2.24. The molecule has 4 rings (SSSR count). The van der Waals surface area contributed by atoms with Gasteiger partial charge >= 0.3 is 0 Å². The van der Waals surface area contributed by atoms with Crippen molar-refractivity contribution >= 4 is 32.5 Å². The molecule has 0 bridgehead atoms. The van der Waals surface area contributed by atoms with Crippen molar-refractivity contribution in [2.24, 2.45) is 0 Å². The number of amides is 1. The molecule has 28 heavy (non-hydrogen) atoms. The molecule has 144 valence electrons. The van der Waals surface area contributed by atoms with Crippen LogP contribution in [0.3, 0.4) is 0 Å². The van der Waals surface area contributed by atoms with Crippen LogP contribution >= 0.6 is 0 Å². The first-order chi connectivity index (χ1) is 13.4. The number of anilines is 1. The molecule has 3 aromatic rings. The van der Waals surface area contributed by atoms with Gasteiger partial charge in [-0.05, 0) is 61.4 Å². The van der Waals surface area contributed by atoms with Gasteiger partial charge in [-0.3, -0.25) is 9.78 Å². The highest BCUT2D eigenvalue weighted by Gasteiger charge is 2.27. The number of hydrogen-bond acceptors (Lipinski definition) is 4. The third-order valence-electron chi connectivity index (χ3n) is 4.77. The van der Waals surface area contributed by atoms with E-state index in [4.69, 9.17) is 0 Å². The van der Waals surface area contributed by atoms with E-state index in [-0.39, 0.29) is 4.90 Å². The first-order valence-corrected chi connectivity index (χ1v) is 10.3. The molecular formula is C20H18FN3O3S. The summed E-state index contributed by atoms with van der Waals surface area (Å²) >= 11 is 0. The summed E-state index contributed by atoms with van der Waals surface area (Å²) in [7, 11) is -3.52. The Morgan fingerprint density at radius 3 is 2.46 bits per heavy atom. The van der Waals surface area contributed by atoms with Crippen molar-refractivity contribution in [1.82, 2.24) is 9.29 Å². The minimum atomic E-state index is -3.52. The number of fused-ring (bicyclic) bond motifs is 1. The van der Waals surface area contributed by atoms with E-state index in [1.54, 1.807) is 12.1 Å². The molecule has 1 aromatic heterocycles. The lowest BCUT2D eigenvalue weighted by Gasteiger charge is -2.15. The Hall–Kier alpha value is -2.84. The number of sulfonamides is 1. The topological polar surface area (TPSA) is 79.4 Å². The third kappa shape index (κ3) is 3.48. The Balaban J connectivity index is 1.57. The fourth-order valence-electron chi connectivity index (χ4n) is 3.28. The Bertz CT molecular complexity index is 1140. The van der Waals surface area contributed by atoms with Gasteiger partial charge in [-0.25, -0.2) is 12.8 Å². The first-order valence-electron chi connectivity index (χ1n) is 8.91. The molecule has 2 heterocycles. The molecule has 2 aromatic carbocycles. The summed E-state index contributed by atoms with van der Waals surface area (Å²) in [6.45, 7) is 1.05. The predicted molar refractivity (Wildman–Crippen MR) is 104 cm³/mol. The van der Waals surface area contributed by atoms with Gasteiger partial charge < -0.3 is 5.32 Å². The zero-order chi connectivity index (χ0) is 19.7. The van der Waals surface area contributed by atoms with Crippen LogP contribution in [-0.4, -0.2) is 36.7 Å². The van der Waals surface area contributed by atoms with Crippen molar-refractivity contribution < 1.29 is 17.6 Å². The monoisotopic (exact) mass is 399 g/mol. The van der Waals surface area contributed by atoms with E-state index in [1.165, 1.54) is 46.9 Å². The van der Waals surface area contributed by atoms with E-state index >= 15 is 0 Å². The van der Waals surface area contributed by atoms with Gasteiger partial charge in [0.2, 0.25) is 10.0 Å². The Morgan fingerprint density at radius 1 is 1.04 bits per heavy atom. The third-order valence-corrected chi connectivity index (χ3v) is 6.68. The van der Waals surface area contributed by atoms with Crippen molar-refractivity contribution in [2.75, 3.05) is 18.4 Å². The summed E-state index contributed by atoms with van der Waals surface area (Å²) in [6.07, 6.45) is 3.25. The fraction of sp³-hybridized carbons (Fsp3) is 0.200. The van der Waals surface area contributed by atoms with Gasteiger partial charge in [0.05, 0.1) is 16.1 Å². The summed E-state index contributed by atoms with van der Waals surface area (Å²) in [5.74, 6) is -0.839. The van der Waals surface area contributed by atoms with Crippen LogP contribution < -0.4 is 5.32 Å². The normalized spacial score (nSPS) is 15.0. The molecule has 1 aliphatic rings. The molecule has 0 saturated carbocycles. The number of halogens is 1. The first kappa shape index (κ1) is 18.5. The van der Waals surface area contributed by atoms with E-state index in [2.05, 4.69) is 10.3 Å². The van der Waals surface area contributed by atoms with E-state index in [0.29, 0.717) is 35.2 Å². The highest BCUT2D eigenvalue weighted by molar-refractivity contribution is 7.89. The number of carbonyl (C=O) groups is 1. The molecule has 6 nitrogen and oxygen atoms in total.